The lowest BCUT2D eigenvalue weighted by atomic mass is 10.0. The molecule has 2 aromatic heterocycles. The second-order valence-corrected chi connectivity index (χ2v) is 11.6. The van der Waals surface area contributed by atoms with Gasteiger partial charge in [0.05, 0.1) is 47.1 Å². The van der Waals surface area contributed by atoms with Crippen LogP contribution in [0.1, 0.15) is 28.8 Å². The minimum absolute atomic E-state index is 0.112. The maximum atomic E-state index is 13.6. The SMILES string of the molecule is O=C(c1ccc(Oc2ccccc2)cc1Cl)c1c[nH]c2ncnc(N[C@@H]3CC[C@@H](CNS(=O)(=O)CCO)OC3)c12. The molecule has 2 atom stereocenters. The van der Waals surface area contributed by atoms with E-state index in [0.717, 1.165) is 0 Å². The van der Waals surface area contributed by atoms with Crippen LogP contribution in [0.5, 0.6) is 11.5 Å². The number of para-hydroxylation sites is 1. The van der Waals surface area contributed by atoms with Gasteiger partial charge in [-0.2, -0.15) is 0 Å². The predicted octanol–water partition coefficient (Wildman–Crippen LogP) is 3.51. The molecule has 1 aliphatic heterocycles. The fourth-order valence-corrected chi connectivity index (χ4v) is 5.53. The summed E-state index contributed by atoms with van der Waals surface area (Å²) in [5.41, 5.74) is 1.17. The summed E-state index contributed by atoms with van der Waals surface area (Å²) in [7, 11) is -3.53. The van der Waals surface area contributed by atoms with Crippen molar-refractivity contribution in [3.8, 4) is 11.5 Å². The number of sulfonamides is 1. The Bertz CT molecular complexity index is 1590. The van der Waals surface area contributed by atoms with Crippen molar-refractivity contribution in [2.24, 2.45) is 0 Å². The van der Waals surface area contributed by atoms with Crippen molar-refractivity contribution >= 4 is 44.3 Å². The smallest absolute Gasteiger partial charge is 0.213 e. The van der Waals surface area contributed by atoms with Crippen molar-refractivity contribution in [1.82, 2.24) is 19.7 Å². The Labute approximate surface area is 236 Å². The van der Waals surface area contributed by atoms with Crippen LogP contribution in [0.4, 0.5) is 5.82 Å². The molecule has 13 heteroatoms. The van der Waals surface area contributed by atoms with Crippen molar-refractivity contribution in [2.45, 2.75) is 25.0 Å². The number of nitrogens with zero attached hydrogens (tertiary/aromatic N) is 2. The van der Waals surface area contributed by atoms with Crippen molar-refractivity contribution in [3.05, 3.63) is 77.2 Å². The summed E-state index contributed by atoms with van der Waals surface area (Å²) in [5.74, 6) is 1.00. The minimum atomic E-state index is -3.53. The van der Waals surface area contributed by atoms with E-state index >= 15 is 0 Å². The number of aliphatic hydroxyl groups is 1. The van der Waals surface area contributed by atoms with E-state index in [2.05, 4.69) is 25.0 Å². The Kier molecular flexibility index (Phi) is 8.62. The van der Waals surface area contributed by atoms with Crippen molar-refractivity contribution < 1.29 is 27.8 Å². The van der Waals surface area contributed by atoms with Gasteiger partial charge in [0.25, 0.3) is 0 Å². The second kappa shape index (κ2) is 12.3. The van der Waals surface area contributed by atoms with E-state index in [1.807, 2.05) is 30.3 Å². The van der Waals surface area contributed by atoms with Crippen LogP contribution in [0.3, 0.4) is 0 Å². The van der Waals surface area contributed by atoms with Gasteiger partial charge in [-0.3, -0.25) is 4.79 Å². The Morgan fingerprint density at radius 3 is 2.67 bits per heavy atom. The Balaban J connectivity index is 1.28. The molecule has 210 valence electrons. The number of aromatic nitrogens is 3. The average Bonchev–Trinajstić information content (AvgIpc) is 3.38. The standard InChI is InChI=1S/C27H28ClN5O6S/c28-23-12-19(39-18-4-2-1-3-5-18)8-9-21(23)25(35)22-14-29-26-24(22)27(31-16-30-26)33-17-6-7-20(38-15-17)13-32-40(36,37)11-10-34/h1-5,8-9,12,14,16-17,20,32,34H,6-7,10-11,13,15H2,(H2,29,30,31,33)/t17-,20+/m1/s1. The van der Waals surface area contributed by atoms with E-state index in [1.165, 1.54) is 6.33 Å². The van der Waals surface area contributed by atoms with Crippen molar-refractivity contribution in [3.63, 3.8) is 0 Å². The molecule has 4 N–H and O–H groups in total. The third-order valence-corrected chi connectivity index (χ3v) is 8.12. The zero-order valence-corrected chi connectivity index (χ0v) is 22.9. The van der Waals surface area contributed by atoms with Crippen LogP contribution in [0, 0.1) is 0 Å². The van der Waals surface area contributed by atoms with E-state index in [-0.39, 0.29) is 35.2 Å². The van der Waals surface area contributed by atoms with Gasteiger partial charge in [-0.1, -0.05) is 29.8 Å². The predicted molar refractivity (Wildman–Crippen MR) is 151 cm³/mol. The van der Waals surface area contributed by atoms with Gasteiger partial charge in [0.15, 0.2) is 5.78 Å². The number of carbonyl (C=O) groups is 1. The molecule has 40 heavy (non-hydrogen) atoms. The van der Waals surface area contributed by atoms with Gasteiger partial charge in [0, 0.05) is 24.4 Å². The highest BCUT2D eigenvalue weighted by atomic mass is 35.5. The number of hydrogen-bond donors (Lipinski definition) is 4. The Morgan fingerprint density at radius 1 is 1.12 bits per heavy atom. The summed E-state index contributed by atoms with van der Waals surface area (Å²) in [6, 6.07) is 14.1. The quantitative estimate of drug-likeness (QED) is 0.193. The molecule has 1 fully saturated rings. The highest BCUT2D eigenvalue weighted by molar-refractivity contribution is 7.89. The first-order valence-electron chi connectivity index (χ1n) is 12.7. The van der Waals surface area contributed by atoms with E-state index in [9.17, 15) is 13.2 Å². The third kappa shape index (κ3) is 6.60. The average molecular weight is 586 g/mol. The fourth-order valence-electron chi connectivity index (χ4n) is 4.45. The number of fused-ring (bicyclic) bond motifs is 1. The molecule has 0 bridgehead atoms. The molecular weight excluding hydrogens is 558 g/mol. The first kappa shape index (κ1) is 28.0. The first-order valence-corrected chi connectivity index (χ1v) is 14.7. The lowest BCUT2D eigenvalue weighted by Crippen LogP contribution is -2.41. The highest BCUT2D eigenvalue weighted by Crippen LogP contribution is 2.32. The maximum Gasteiger partial charge on any atom is 0.213 e. The number of aliphatic hydroxyl groups excluding tert-OH is 1. The number of ketones is 1. The molecule has 0 saturated carbocycles. The summed E-state index contributed by atoms with van der Waals surface area (Å²) in [4.78, 5) is 25.3. The number of H-pyrrole nitrogens is 1. The molecule has 0 unspecified atom stereocenters. The molecular formula is C27H28ClN5O6S. The van der Waals surface area contributed by atoms with Crippen molar-refractivity contribution in [1.29, 1.82) is 0 Å². The minimum Gasteiger partial charge on any atom is -0.457 e. The number of carbonyl (C=O) groups excluding carboxylic acids is 1. The first-order chi connectivity index (χ1) is 19.3. The van der Waals surface area contributed by atoms with Crippen LogP contribution in [0.2, 0.25) is 5.02 Å². The molecule has 0 aliphatic carbocycles. The zero-order valence-electron chi connectivity index (χ0n) is 21.3. The largest absolute Gasteiger partial charge is 0.457 e. The summed E-state index contributed by atoms with van der Waals surface area (Å²) in [5, 5.41) is 13.0. The summed E-state index contributed by atoms with van der Waals surface area (Å²) in [6.07, 6.45) is 4.02. The molecule has 0 radical (unpaired) electrons. The molecule has 0 spiro atoms. The molecule has 1 saturated heterocycles. The summed E-state index contributed by atoms with van der Waals surface area (Å²) in [6.45, 7) is 0.0175. The number of hydrogen-bond acceptors (Lipinski definition) is 9. The van der Waals surface area contributed by atoms with Gasteiger partial charge < -0.3 is 24.9 Å². The van der Waals surface area contributed by atoms with Crippen LogP contribution in [-0.2, 0) is 14.8 Å². The van der Waals surface area contributed by atoms with Crippen LogP contribution in [0.25, 0.3) is 11.0 Å². The number of ether oxygens (including phenoxy) is 2. The van der Waals surface area contributed by atoms with Gasteiger partial charge in [-0.25, -0.2) is 23.1 Å². The maximum absolute atomic E-state index is 13.6. The lowest BCUT2D eigenvalue weighted by Gasteiger charge is -2.30. The second-order valence-electron chi connectivity index (χ2n) is 9.30. The van der Waals surface area contributed by atoms with E-state index < -0.39 is 16.6 Å². The van der Waals surface area contributed by atoms with Gasteiger partial charge in [0.1, 0.15) is 29.3 Å². The third-order valence-electron chi connectivity index (χ3n) is 6.48. The van der Waals surface area contributed by atoms with Crippen LogP contribution >= 0.6 is 11.6 Å². The lowest BCUT2D eigenvalue weighted by molar-refractivity contribution is 0.0132. The number of anilines is 1. The van der Waals surface area contributed by atoms with Crippen LogP contribution in [-0.4, -0.2) is 71.9 Å². The van der Waals surface area contributed by atoms with Gasteiger partial charge in [-0.05, 0) is 37.1 Å². The van der Waals surface area contributed by atoms with Crippen LogP contribution < -0.4 is 14.8 Å². The monoisotopic (exact) mass is 585 g/mol. The Hall–Kier alpha value is -3.55. The van der Waals surface area contributed by atoms with E-state index in [0.29, 0.717) is 58.9 Å². The normalized spacial score (nSPS) is 17.6. The number of halogens is 1. The molecule has 4 aromatic rings. The summed E-state index contributed by atoms with van der Waals surface area (Å²) >= 11 is 6.51. The number of aromatic amines is 1. The fraction of sp³-hybridized carbons (Fsp3) is 0.296. The molecule has 0 amide bonds. The molecule has 3 heterocycles. The topological polar surface area (TPSA) is 156 Å². The van der Waals surface area contributed by atoms with Crippen molar-refractivity contribution in [2.75, 3.05) is 30.8 Å². The zero-order chi connectivity index (χ0) is 28.1. The van der Waals surface area contributed by atoms with Gasteiger partial charge >= 0.3 is 0 Å². The van der Waals surface area contributed by atoms with E-state index in [4.69, 9.17) is 26.2 Å². The Morgan fingerprint density at radius 2 is 1.95 bits per heavy atom. The molecule has 5 rings (SSSR count). The van der Waals surface area contributed by atoms with E-state index in [1.54, 1.807) is 24.4 Å². The van der Waals surface area contributed by atoms with Crippen LogP contribution in [0.15, 0.2) is 61.1 Å². The molecule has 2 aromatic carbocycles. The highest BCUT2D eigenvalue weighted by Gasteiger charge is 2.26. The number of nitrogens with one attached hydrogen (secondary N) is 3. The van der Waals surface area contributed by atoms with Gasteiger partial charge in [0.2, 0.25) is 10.0 Å². The molecule has 11 nitrogen and oxygen atoms in total. The summed E-state index contributed by atoms with van der Waals surface area (Å²) < 4.78 is 37.7. The number of rotatable bonds is 11. The number of benzene rings is 2. The van der Waals surface area contributed by atoms with Gasteiger partial charge in [-0.15, -0.1) is 0 Å². The molecule has 1 aliphatic rings.